The highest BCUT2D eigenvalue weighted by atomic mass is 35.5. The molecule has 0 aromatic heterocycles. The van der Waals surface area contributed by atoms with Gasteiger partial charge in [0.1, 0.15) is 6.07 Å². The summed E-state index contributed by atoms with van der Waals surface area (Å²) in [6.07, 6.45) is 3.02. The molecule has 1 aromatic rings. The summed E-state index contributed by atoms with van der Waals surface area (Å²) in [7, 11) is 0. The fourth-order valence-corrected chi connectivity index (χ4v) is 2.99. The summed E-state index contributed by atoms with van der Waals surface area (Å²) < 4.78 is 0. The lowest BCUT2D eigenvalue weighted by molar-refractivity contribution is -0.132. The summed E-state index contributed by atoms with van der Waals surface area (Å²) in [6, 6.07) is 7.57. The van der Waals surface area contributed by atoms with Crippen molar-refractivity contribution in [2.75, 3.05) is 31.1 Å². The van der Waals surface area contributed by atoms with Crippen molar-refractivity contribution in [1.29, 1.82) is 5.26 Å². The average Bonchev–Trinajstić information content (AvgIpc) is 3.33. The van der Waals surface area contributed by atoms with Gasteiger partial charge >= 0.3 is 0 Å². The predicted molar refractivity (Wildman–Crippen MR) is 82.3 cm³/mol. The summed E-state index contributed by atoms with van der Waals surface area (Å²) in [5.74, 6) is 0.584. The van der Waals surface area contributed by atoms with Crippen molar-refractivity contribution in [3.8, 4) is 6.07 Å². The second kappa shape index (κ2) is 5.95. The van der Waals surface area contributed by atoms with Crippen LogP contribution in [0.3, 0.4) is 0 Å². The Balaban J connectivity index is 1.74. The Hall–Kier alpha value is -1.73. The number of hydrogen-bond acceptors (Lipinski definition) is 3. The SMILES string of the molecule is N#Cc1ccc(Cl)cc1N1CCCN(C(=O)C2CC2)CC1. The fourth-order valence-electron chi connectivity index (χ4n) is 2.83. The largest absolute Gasteiger partial charge is 0.369 e. The van der Waals surface area contributed by atoms with Crippen molar-refractivity contribution >= 4 is 23.2 Å². The van der Waals surface area contributed by atoms with Gasteiger partial charge in [0.2, 0.25) is 5.91 Å². The van der Waals surface area contributed by atoms with E-state index in [-0.39, 0.29) is 5.92 Å². The molecule has 0 bridgehead atoms. The molecule has 1 amide bonds. The molecule has 0 atom stereocenters. The molecule has 1 aromatic carbocycles. The number of anilines is 1. The fraction of sp³-hybridized carbons (Fsp3) is 0.500. The van der Waals surface area contributed by atoms with Crippen molar-refractivity contribution in [3.05, 3.63) is 28.8 Å². The number of carbonyl (C=O) groups is 1. The van der Waals surface area contributed by atoms with E-state index in [1.807, 2.05) is 11.0 Å². The van der Waals surface area contributed by atoms with E-state index in [0.717, 1.165) is 51.1 Å². The molecule has 110 valence electrons. The number of hydrogen-bond donors (Lipinski definition) is 0. The molecule has 1 saturated carbocycles. The number of rotatable bonds is 2. The Labute approximate surface area is 129 Å². The molecular formula is C16H18ClN3O. The minimum Gasteiger partial charge on any atom is -0.369 e. The molecular weight excluding hydrogens is 286 g/mol. The Kier molecular flexibility index (Phi) is 4.03. The van der Waals surface area contributed by atoms with Gasteiger partial charge in [-0.15, -0.1) is 0 Å². The van der Waals surface area contributed by atoms with Crippen LogP contribution in [0.2, 0.25) is 5.02 Å². The van der Waals surface area contributed by atoms with Crippen LogP contribution >= 0.6 is 11.6 Å². The van der Waals surface area contributed by atoms with E-state index in [1.165, 1.54) is 0 Å². The van der Waals surface area contributed by atoms with Gasteiger partial charge in [-0.3, -0.25) is 4.79 Å². The topological polar surface area (TPSA) is 47.3 Å². The van der Waals surface area contributed by atoms with Gasteiger partial charge in [-0.25, -0.2) is 0 Å². The van der Waals surface area contributed by atoms with Crippen LogP contribution in [0.15, 0.2) is 18.2 Å². The van der Waals surface area contributed by atoms with Gasteiger partial charge < -0.3 is 9.80 Å². The zero-order valence-corrected chi connectivity index (χ0v) is 12.6. The number of benzene rings is 1. The van der Waals surface area contributed by atoms with Crippen LogP contribution in [0.4, 0.5) is 5.69 Å². The number of nitriles is 1. The summed E-state index contributed by atoms with van der Waals surface area (Å²) in [4.78, 5) is 16.3. The number of amides is 1. The first-order valence-corrected chi connectivity index (χ1v) is 7.80. The Morgan fingerprint density at radius 3 is 2.76 bits per heavy atom. The van der Waals surface area contributed by atoms with E-state index in [4.69, 9.17) is 11.6 Å². The highest BCUT2D eigenvalue weighted by molar-refractivity contribution is 6.30. The van der Waals surface area contributed by atoms with E-state index >= 15 is 0 Å². The summed E-state index contributed by atoms with van der Waals surface area (Å²) in [5.41, 5.74) is 1.52. The third-order valence-electron chi connectivity index (χ3n) is 4.16. The lowest BCUT2D eigenvalue weighted by Crippen LogP contribution is -2.36. The average molecular weight is 304 g/mol. The molecule has 21 heavy (non-hydrogen) atoms. The second-order valence-electron chi connectivity index (χ2n) is 5.71. The molecule has 0 radical (unpaired) electrons. The first-order valence-electron chi connectivity index (χ1n) is 7.42. The summed E-state index contributed by atoms with van der Waals surface area (Å²) in [6.45, 7) is 3.15. The van der Waals surface area contributed by atoms with Crippen LogP contribution in [-0.4, -0.2) is 37.0 Å². The van der Waals surface area contributed by atoms with Crippen molar-refractivity contribution in [1.82, 2.24) is 4.90 Å². The third-order valence-corrected chi connectivity index (χ3v) is 4.39. The first-order chi connectivity index (χ1) is 10.2. The minimum absolute atomic E-state index is 0.275. The molecule has 3 rings (SSSR count). The summed E-state index contributed by atoms with van der Waals surface area (Å²) in [5, 5.41) is 9.89. The van der Waals surface area contributed by atoms with E-state index in [9.17, 15) is 10.1 Å². The van der Waals surface area contributed by atoms with Crippen molar-refractivity contribution in [2.24, 2.45) is 5.92 Å². The van der Waals surface area contributed by atoms with Crippen LogP contribution in [0.5, 0.6) is 0 Å². The Morgan fingerprint density at radius 2 is 2.05 bits per heavy atom. The zero-order valence-electron chi connectivity index (χ0n) is 11.9. The van der Waals surface area contributed by atoms with Crippen LogP contribution < -0.4 is 4.90 Å². The van der Waals surface area contributed by atoms with Gasteiger partial charge in [-0.2, -0.15) is 5.26 Å². The zero-order chi connectivity index (χ0) is 14.8. The highest BCUT2D eigenvalue weighted by Crippen LogP contribution is 2.32. The van der Waals surface area contributed by atoms with Gasteiger partial charge in [-0.05, 0) is 37.5 Å². The van der Waals surface area contributed by atoms with Gasteiger partial charge in [0, 0.05) is 37.1 Å². The molecule has 5 heteroatoms. The maximum absolute atomic E-state index is 12.2. The molecule has 2 fully saturated rings. The van der Waals surface area contributed by atoms with E-state index < -0.39 is 0 Å². The maximum atomic E-state index is 12.2. The normalized spacial score (nSPS) is 19.0. The predicted octanol–water partition coefficient (Wildman–Crippen LogP) is 2.66. The molecule has 0 N–H and O–H groups in total. The third kappa shape index (κ3) is 3.14. The van der Waals surface area contributed by atoms with Crippen LogP contribution in [0.1, 0.15) is 24.8 Å². The van der Waals surface area contributed by atoms with Crippen LogP contribution in [0.25, 0.3) is 0 Å². The molecule has 4 nitrogen and oxygen atoms in total. The highest BCUT2D eigenvalue weighted by Gasteiger charge is 2.34. The molecule has 0 unspecified atom stereocenters. The van der Waals surface area contributed by atoms with Crippen molar-refractivity contribution in [3.63, 3.8) is 0 Å². The molecule has 0 spiro atoms. The Bertz CT molecular complexity index is 592. The quantitative estimate of drug-likeness (QED) is 0.844. The summed E-state index contributed by atoms with van der Waals surface area (Å²) >= 11 is 6.06. The van der Waals surface area contributed by atoms with Gasteiger partial charge in [0.15, 0.2) is 0 Å². The van der Waals surface area contributed by atoms with Crippen LogP contribution in [-0.2, 0) is 4.79 Å². The minimum atomic E-state index is 0.275. The number of halogens is 1. The molecule has 1 heterocycles. The lowest BCUT2D eigenvalue weighted by Gasteiger charge is -2.24. The van der Waals surface area contributed by atoms with Crippen molar-refractivity contribution in [2.45, 2.75) is 19.3 Å². The molecule has 2 aliphatic rings. The van der Waals surface area contributed by atoms with Crippen molar-refractivity contribution < 1.29 is 4.79 Å². The standard InChI is InChI=1S/C16H18ClN3O/c17-14-5-4-13(11-18)15(10-14)19-6-1-7-20(9-8-19)16(21)12-2-3-12/h4-5,10,12H,1-3,6-9H2. The van der Waals surface area contributed by atoms with Crippen LogP contribution in [0, 0.1) is 17.2 Å². The number of carbonyl (C=O) groups excluding carboxylic acids is 1. The monoisotopic (exact) mass is 303 g/mol. The second-order valence-corrected chi connectivity index (χ2v) is 6.15. The first kappa shape index (κ1) is 14.2. The number of nitrogens with zero attached hydrogens (tertiary/aromatic N) is 3. The van der Waals surface area contributed by atoms with E-state index in [2.05, 4.69) is 11.0 Å². The van der Waals surface area contributed by atoms with Gasteiger partial charge in [-0.1, -0.05) is 11.6 Å². The maximum Gasteiger partial charge on any atom is 0.225 e. The van der Waals surface area contributed by atoms with Gasteiger partial charge in [0.25, 0.3) is 0 Å². The van der Waals surface area contributed by atoms with Gasteiger partial charge in [0.05, 0.1) is 11.3 Å². The molecule has 1 aliphatic carbocycles. The van der Waals surface area contributed by atoms with E-state index in [1.54, 1.807) is 12.1 Å². The lowest BCUT2D eigenvalue weighted by atomic mass is 10.1. The molecule has 1 saturated heterocycles. The smallest absolute Gasteiger partial charge is 0.225 e. The molecule has 1 aliphatic heterocycles. The Morgan fingerprint density at radius 1 is 1.24 bits per heavy atom. The van der Waals surface area contributed by atoms with E-state index in [0.29, 0.717) is 16.5 Å².